The molecule has 2 N–H and O–H groups in total. The molecule has 110 valence electrons. The molecule has 20 heavy (non-hydrogen) atoms. The fourth-order valence-corrected chi connectivity index (χ4v) is 1.79. The summed E-state index contributed by atoms with van der Waals surface area (Å²) in [5, 5.41) is 0. The fraction of sp³-hybridized carbons (Fsp3) is 0.429. The van der Waals surface area contributed by atoms with Gasteiger partial charge in [0.25, 0.3) is 0 Å². The van der Waals surface area contributed by atoms with E-state index in [2.05, 4.69) is 0 Å². The topological polar surface area (TPSA) is 78.6 Å². The lowest BCUT2D eigenvalue weighted by Crippen LogP contribution is -2.44. The molecular weight excluding hydrogens is 265 g/mol. The third kappa shape index (κ3) is 2.74. The summed E-state index contributed by atoms with van der Waals surface area (Å²) >= 11 is 0. The number of ether oxygens (including phenoxy) is 2. The van der Waals surface area contributed by atoms with Gasteiger partial charge in [0.1, 0.15) is 0 Å². The second-order valence-corrected chi connectivity index (χ2v) is 4.27. The van der Waals surface area contributed by atoms with Crippen molar-refractivity contribution in [2.75, 3.05) is 18.9 Å². The third-order valence-corrected chi connectivity index (χ3v) is 2.93. The van der Waals surface area contributed by atoms with E-state index in [4.69, 9.17) is 15.2 Å². The maximum atomic E-state index is 14.2. The first kappa shape index (κ1) is 15.9. The van der Waals surface area contributed by atoms with Gasteiger partial charge in [-0.1, -0.05) is 12.1 Å². The van der Waals surface area contributed by atoms with Crippen LogP contribution < -0.4 is 5.73 Å². The number of rotatable bonds is 5. The molecule has 0 aliphatic rings. The standard InChI is InChI=1S/C14H18FNO4/c1-4-19-12(17)14(3,13(18)20-5-2)9-7-6-8-10(16)11(9)15/h6-8H,4-5,16H2,1-3H3. The van der Waals surface area contributed by atoms with Crippen LogP contribution in [0.2, 0.25) is 0 Å². The van der Waals surface area contributed by atoms with Crippen molar-refractivity contribution in [3.63, 3.8) is 0 Å². The molecular formula is C14H18FNO4. The smallest absolute Gasteiger partial charge is 0.327 e. The molecule has 0 aliphatic heterocycles. The van der Waals surface area contributed by atoms with Gasteiger partial charge < -0.3 is 15.2 Å². The van der Waals surface area contributed by atoms with Gasteiger partial charge in [-0.3, -0.25) is 9.59 Å². The Hall–Kier alpha value is -2.11. The van der Waals surface area contributed by atoms with Crippen LogP contribution in [-0.2, 0) is 24.5 Å². The Kier molecular flexibility index (Phi) is 5.07. The Morgan fingerprint density at radius 1 is 1.20 bits per heavy atom. The fourth-order valence-electron chi connectivity index (χ4n) is 1.79. The zero-order valence-corrected chi connectivity index (χ0v) is 11.7. The summed E-state index contributed by atoms with van der Waals surface area (Å²) in [7, 11) is 0. The van der Waals surface area contributed by atoms with E-state index in [-0.39, 0.29) is 24.5 Å². The van der Waals surface area contributed by atoms with Crippen molar-refractivity contribution >= 4 is 17.6 Å². The van der Waals surface area contributed by atoms with E-state index < -0.39 is 23.2 Å². The molecule has 0 radical (unpaired) electrons. The van der Waals surface area contributed by atoms with Crippen molar-refractivity contribution in [1.29, 1.82) is 0 Å². The van der Waals surface area contributed by atoms with Crippen LogP contribution in [0.4, 0.5) is 10.1 Å². The molecule has 0 saturated heterocycles. The lowest BCUT2D eigenvalue weighted by atomic mass is 9.81. The molecule has 1 aromatic carbocycles. The molecule has 0 saturated carbocycles. The quantitative estimate of drug-likeness (QED) is 0.506. The van der Waals surface area contributed by atoms with E-state index in [1.54, 1.807) is 13.8 Å². The molecule has 5 nitrogen and oxygen atoms in total. The Balaban J connectivity index is 3.40. The second-order valence-electron chi connectivity index (χ2n) is 4.27. The number of carbonyl (C=O) groups is 2. The average Bonchev–Trinajstić information content (AvgIpc) is 2.41. The number of nitrogens with two attached hydrogens (primary N) is 1. The van der Waals surface area contributed by atoms with E-state index in [9.17, 15) is 14.0 Å². The molecule has 0 aromatic heterocycles. The second kappa shape index (κ2) is 6.36. The van der Waals surface area contributed by atoms with Crippen molar-refractivity contribution in [2.45, 2.75) is 26.2 Å². The van der Waals surface area contributed by atoms with Crippen molar-refractivity contribution in [3.8, 4) is 0 Å². The summed E-state index contributed by atoms with van der Waals surface area (Å²) in [6.07, 6.45) is 0. The van der Waals surface area contributed by atoms with Crippen LogP contribution in [0.5, 0.6) is 0 Å². The zero-order valence-electron chi connectivity index (χ0n) is 11.7. The minimum atomic E-state index is -1.88. The number of halogens is 1. The van der Waals surface area contributed by atoms with Crippen LogP contribution in [0, 0.1) is 5.82 Å². The Labute approximate surface area is 116 Å². The van der Waals surface area contributed by atoms with E-state index >= 15 is 0 Å². The summed E-state index contributed by atoms with van der Waals surface area (Å²) in [6.45, 7) is 4.59. The average molecular weight is 283 g/mol. The molecule has 0 bridgehead atoms. The van der Waals surface area contributed by atoms with Crippen LogP contribution >= 0.6 is 0 Å². The van der Waals surface area contributed by atoms with E-state index in [1.807, 2.05) is 0 Å². The van der Waals surface area contributed by atoms with Gasteiger partial charge in [-0.25, -0.2) is 4.39 Å². The van der Waals surface area contributed by atoms with E-state index in [0.29, 0.717) is 0 Å². The third-order valence-electron chi connectivity index (χ3n) is 2.93. The number of benzene rings is 1. The minimum absolute atomic E-state index is 0.0672. The van der Waals surface area contributed by atoms with Crippen LogP contribution in [-0.4, -0.2) is 25.2 Å². The van der Waals surface area contributed by atoms with Gasteiger partial charge in [0.15, 0.2) is 11.2 Å². The molecule has 0 heterocycles. The summed E-state index contributed by atoms with van der Waals surface area (Å²) < 4.78 is 23.9. The number of esters is 2. The molecule has 6 heteroatoms. The maximum absolute atomic E-state index is 14.2. The van der Waals surface area contributed by atoms with Gasteiger partial charge in [-0.05, 0) is 26.8 Å². The predicted octanol–water partition coefficient (Wildman–Crippen LogP) is 1.79. The Morgan fingerprint density at radius 3 is 2.15 bits per heavy atom. The lowest BCUT2D eigenvalue weighted by molar-refractivity contribution is -0.164. The van der Waals surface area contributed by atoms with Gasteiger partial charge in [0, 0.05) is 5.56 Å². The molecule has 0 aliphatic carbocycles. The van der Waals surface area contributed by atoms with E-state index in [1.165, 1.54) is 25.1 Å². The van der Waals surface area contributed by atoms with Crippen LogP contribution in [0.15, 0.2) is 18.2 Å². The lowest BCUT2D eigenvalue weighted by Gasteiger charge is -2.26. The number of hydrogen-bond donors (Lipinski definition) is 1. The van der Waals surface area contributed by atoms with Gasteiger partial charge in [-0.2, -0.15) is 0 Å². The summed E-state index contributed by atoms with van der Waals surface area (Å²) in [6, 6.07) is 4.12. The van der Waals surface area contributed by atoms with Crippen LogP contribution in [0.3, 0.4) is 0 Å². The molecule has 1 aromatic rings. The summed E-state index contributed by atoms with van der Waals surface area (Å²) in [5.41, 5.74) is 3.29. The largest absolute Gasteiger partial charge is 0.465 e. The first-order valence-corrected chi connectivity index (χ1v) is 6.28. The highest BCUT2D eigenvalue weighted by atomic mass is 19.1. The number of carbonyl (C=O) groups excluding carboxylic acids is 2. The minimum Gasteiger partial charge on any atom is -0.465 e. The molecule has 0 amide bonds. The summed E-state index contributed by atoms with van der Waals surface area (Å²) in [5.74, 6) is -2.57. The van der Waals surface area contributed by atoms with Crippen molar-refractivity contribution < 1.29 is 23.5 Å². The van der Waals surface area contributed by atoms with E-state index in [0.717, 1.165) is 0 Å². The highest BCUT2D eigenvalue weighted by Gasteiger charge is 2.48. The van der Waals surface area contributed by atoms with Crippen molar-refractivity contribution in [3.05, 3.63) is 29.6 Å². The molecule has 0 unspecified atom stereocenters. The molecule has 0 spiro atoms. The van der Waals surface area contributed by atoms with Gasteiger partial charge in [0.05, 0.1) is 18.9 Å². The zero-order chi connectivity index (χ0) is 15.3. The van der Waals surface area contributed by atoms with Crippen molar-refractivity contribution in [1.82, 2.24) is 0 Å². The summed E-state index contributed by atoms with van der Waals surface area (Å²) in [4.78, 5) is 24.2. The highest BCUT2D eigenvalue weighted by molar-refractivity contribution is 6.06. The Bertz CT molecular complexity index is 498. The molecule has 1 rings (SSSR count). The monoisotopic (exact) mass is 283 g/mol. The number of hydrogen-bond acceptors (Lipinski definition) is 5. The number of nitrogen functional groups attached to an aromatic ring is 1. The van der Waals surface area contributed by atoms with Crippen molar-refractivity contribution in [2.24, 2.45) is 0 Å². The first-order chi connectivity index (χ1) is 9.39. The van der Waals surface area contributed by atoms with Crippen LogP contribution in [0.1, 0.15) is 26.3 Å². The molecule has 0 fully saturated rings. The number of anilines is 1. The normalized spacial score (nSPS) is 11.0. The first-order valence-electron chi connectivity index (χ1n) is 6.28. The van der Waals surface area contributed by atoms with Gasteiger partial charge in [0.2, 0.25) is 0 Å². The predicted molar refractivity (Wildman–Crippen MR) is 71.4 cm³/mol. The van der Waals surface area contributed by atoms with Gasteiger partial charge in [-0.15, -0.1) is 0 Å². The SMILES string of the molecule is CCOC(=O)C(C)(C(=O)OCC)c1cccc(N)c1F. The van der Waals surface area contributed by atoms with Gasteiger partial charge >= 0.3 is 11.9 Å². The Morgan fingerprint density at radius 2 is 1.70 bits per heavy atom. The highest BCUT2D eigenvalue weighted by Crippen LogP contribution is 2.31. The maximum Gasteiger partial charge on any atom is 0.327 e. The van der Waals surface area contributed by atoms with Crippen LogP contribution in [0.25, 0.3) is 0 Å². The molecule has 0 atom stereocenters.